The van der Waals surface area contributed by atoms with Gasteiger partial charge in [-0.2, -0.15) is 11.3 Å². The van der Waals surface area contributed by atoms with Gasteiger partial charge in [-0.25, -0.2) is 4.79 Å². The van der Waals surface area contributed by atoms with Crippen molar-refractivity contribution in [2.75, 3.05) is 0 Å². The topological polar surface area (TPSA) is 26.3 Å². The molecule has 0 aliphatic heterocycles. The average Bonchev–Trinajstić information content (AvgIpc) is 2.90. The number of benzene rings is 1. The van der Waals surface area contributed by atoms with E-state index in [0.717, 1.165) is 11.1 Å². The summed E-state index contributed by atoms with van der Waals surface area (Å²) in [5.41, 5.74) is 2.63. The van der Waals surface area contributed by atoms with E-state index in [2.05, 4.69) is 6.58 Å². The van der Waals surface area contributed by atoms with E-state index in [1.807, 2.05) is 29.6 Å². The van der Waals surface area contributed by atoms with Crippen molar-refractivity contribution in [3.05, 3.63) is 64.4 Å². The van der Waals surface area contributed by atoms with Gasteiger partial charge in [-0.1, -0.05) is 36.9 Å². The standard InChI is InChI=1S/C14H12O2S/c1-2-11-3-5-12(6-4-11)9-16-14(15)13-7-8-17-10-13/h2-8,10H,1,9H2. The maximum absolute atomic E-state index is 11.6. The average molecular weight is 244 g/mol. The largest absolute Gasteiger partial charge is 0.457 e. The molecule has 0 amide bonds. The minimum absolute atomic E-state index is 0.279. The van der Waals surface area contributed by atoms with Gasteiger partial charge in [0, 0.05) is 5.38 Å². The van der Waals surface area contributed by atoms with Gasteiger partial charge >= 0.3 is 5.97 Å². The lowest BCUT2D eigenvalue weighted by atomic mass is 10.1. The molecule has 0 unspecified atom stereocenters. The van der Waals surface area contributed by atoms with Gasteiger partial charge in [0.25, 0.3) is 0 Å². The molecule has 1 aromatic heterocycles. The fraction of sp³-hybridized carbons (Fsp3) is 0.0714. The van der Waals surface area contributed by atoms with Crippen molar-refractivity contribution in [3.63, 3.8) is 0 Å². The summed E-state index contributed by atoms with van der Waals surface area (Å²) in [4.78, 5) is 11.6. The van der Waals surface area contributed by atoms with Crippen LogP contribution in [0.25, 0.3) is 6.08 Å². The molecule has 1 heterocycles. The van der Waals surface area contributed by atoms with Gasteiger partial charge < -0.3 is 4.74 Å². The molecule has 17 heavy (non-hydrogen) atoms. The van der Waals surface area contributed by atoms with Gasteiger partial charge in [0.05, 0.1) is 5.56 Å². The highest BCUT2D eigenvalue weighted by Gasteiger charge is 2.06. The van der Waals surface area contributed by atoms with Crippen LogP contribution in [0.5, 0.6) is 0 Å². The Hall–Kier alpha value is -1.87. The van der Waals surface area contributed by atoms with Gasteiger partial charge in [-0.3, -0.25) is 0 Å². The lowest BCUT2D eigenvalue weighted by Crippen LogP contribution is -2.03. The zero-order chi connectivity index (χ0) is 12.1. The van der Waals surface area contributed by atoms with Crippen LogP contribution in [0.3, 0.4) is 0 Å². The lowest BCUT2D eigenvalue weighted by molar-refractivity contribution is 0.0473. The molecule has 2 aromatic rings. The Bertz CT molecular complexity index is 498. The highest BCUT2D eigenvalue weighted by atomic mass is 32.1. The summed E-state index contributed by atoms with van der Waals surface area (Å²) in [5, 5.41) is 3.64. The van der Waals surface area contributed by atoms with Crippen LogP contribution in [0.1, 0.15) is 21.5 Å². The molecule has 0 bridgehead atoms. The number of hydrogen-bond acceptors (Lipinski definition) is 3. The molecule has 0 N–H and O–H groups in total. The van der Waals surface area contributed by atoms with Crippen LogP contribution in [0.4, 0.5) is 0 Å². The molecule has 2 rings (SSSR count). The molecular weight excluding hydrogens is 232 g/mol. The van der Waals surface area contributed by atoms with Crippen LogP contribution in [-0.4, -0.2) is 5.97 Å². The van der Waals surface area contributed by atoms with Crippen LogP contribution in [-0.2, 0) is 11.3 Å². The fourth-order valence-corrected chi connectivity index (χ4v) is 1.99. The molecule has 0 radical (unpaired) electrons. The first-order valence-electron chi connectivity index (χ1n) is 5.20. The number of thiophene rings is 1. The summed E-state index contributed by atoms with van der Waals surface area (Å²) in [5.74, 6) is -0.279. The second kappa shape index (κ2) is 5.46. The third-order valence-corrected chi connectivity index (χ3v) is 3.03. The molecule has 3 heteroatoms. The summed E-state index contributed by atoms with van der Waals surface area (Å²) in [6.07, 6.45) is 1.78. The van der Waals surface area contributed by atoms with Crippen LogP contribution < -0.4 is 0 Å². The first kappa shape index (κ1) is 11.6. The Morgan fingerprint density at radius 2 is 2.06 bits per heavy atom. The maximum Gasteiger partial charge on any atom is 0.339 e. The normalized spacial score (nSPS) is 9.88. The third kappa shape index (κ3) is 3.04. The quantitative estimate of drug-likeness (QED) is 0.766. The van der Waals surface area contributed by atoms with Crippen molar-refractivity contribution in [2.45, 2.75) is 6.61 Å². The molecule has 0 aliphatic carbocycles. The Kier molecular flexibility index (Phi) is 3.73. The Balaban J connectivity index is 1.93. The zero-order valence-corrected chi connectivity index (χ0v) is 10.1. The number of carbonyl (C=O) groups excluding carboxylic acids is 1. The molecule has 86 valence electrons. The van der Waals surface area contributed by atoms with E-state index in [0.29, 0.717) is 12.2 Å². The van der Waals surface area contributed by atoms with Crippen molar-refractivity contribution in [1.29, 1.82) is 0 Å². The molecule has 0 atom stereocenters. The number of carbonyl (C=O) groups is 1. The van der Waals surface area contributed by atoms with Crippen LogP contribution in [0.15, 0.2) is 47.7 Å². The Morgan fingerprint density at radius 3 is 2.65 bits per heavy atom. The third-order valence-electron chi connectivity index (χ3n) is 2.34. The lowest BCUT2D eigenvalue weighted by Gasteiger charge is -2.04. The van der Waals surface area contributed by atoms with E-state index in [9.17, 15) is 4.79 Å². The minimum Gasteiger partial charge on any atom is -0.457 e. The summed E-state index contributed by atoms with van der Waals surface area (Å²) in [7, 11) is 0. The minimum atomic E-state index is -0.279. The molecule has 0 spiro atoms. The van der Waals surface area contributed by atoms with E-state index in [1.54, 1.807) is 17.5 Å². The number of hydrogen-bond donors (Lipinski definition) is 0. The molecule has 2 nitrogen and oxygen atoms in total. The summed E-state index contributed by atoms with van der Waals surface area (Å²) in [6.45, 7) is 3.98. The highest BCUT2D eigenvalue weighted by Crippen LogP contribution is 2.10. The smallest absolute Gasteiger partial charge is 0.339 e. The molecule has 0 saturated heterocycles. The first-order valence-corrected chi connectivity index (χ1v) is 6.14. The zero-order valence-electron chi connectivity index (χ0n) is 9.26. The van der Waals surface area contributed by atoms with Gasteiger partial charge in [0.2, 0.25) is 0 Å². The fourth-order valence-electron chi connectivity index (χ4n) is 1.36. The predicted octanol–water partition coefficient (Wildman–Crippen LogP) is 3.75. The summed E-state index contributed by atoms with van der Waals surface area (Å²) >= 11 is 1.48. The molecule has 1 aromatic carbocycles. The van der Waals surface area contributed by atoms with Gasteiger partial charge in [-0.15, -0.1) is 0 Å². The highest BCUT2D eigenvalue weighted by molar-refractivity contribution is 7.08. The molecule has 0 saturated carbocycles. The van der Waals surface area contributed by atoms with Crippen LogP contribution >= 0.6 is 11.3 Å². The van der Waals surface area contributed by atoms with Gasteiger partial charge in [-0.05, 0) is 22.6 Å². The summed E-state index contributed by atoms with van der Waals surface area (Å²) in [6, 6.07) is 9.51. The number of esters is 1. The van der Waals surface area contributed by atoms with E-state index in [-0.39, 0.29) is 5.97 Å². The monoisotopic (exact) mass is 244 g/mol. The second-order valence-corrected chi connectivity index (χ2v) is 4.31. The van der Waals surface area contributed by atoms with E-state index in [1.165, 1.54) is 11.3 Å². The van der Waals surface area contributed by atoms with E-state index >= 15 is 0 Å². The maximum atomic E-state index is 11.6. The summed E-state index contributed by atoms with van der Waals surface area (Å²) < 4.78 is 5.19. The Labute approximate surface area is 104 Å². The molecule has 0 fully saturated rings. The Morgan fingerprint density at radius 1 is 1.29 bits per heavy atom. The second-order valence-electron chi connectivity index (χ2n) is 3.53. The van der Waals surface area contributed by atoms with Gasteiger partial charge in [0.1, 0.15) is 6.61 Å². The van der Waals surface area contributed by atoms with Crippen LogP contribution in [0.2, 0.25) is 0 Å². The first-order chi connectivity index (χ1) is 8.29. The predicted molar refractivity (Wildman–Crippen MR) is 70.0 cm³/mol. The van der Waals surface area contributed by atoms with Crippen molar-refractivity contribution < 1.29 is 9.53 Å². The van der Waals surface area contributed by atoms with Gasteiger partial charge in [0.15, 0.2) is 0 Å². The number of rotatable bonds is 4. The van der Waals surface area contributed by atoms with Crippen molar-refractivity contribution in [1.82, 2.24) is 0 Å². The van der Waals surface area contributed by atoms with Crippen molar-refractivity contribution in [3.8, 4) is 0 Å². The van der Waals surface area contributed by atoms with Crippen molar-refractivity contribution in [2.24, 2.45) is 0 Å². The SMILES string of the molecule is C=Cc1ccc(COC(=O)c2ccsc2)cc1. The van der Waals surface area contributed by atoms with E-state index < -0.39 is 0 Å². The van der Waals surface area contributed by atoms with E-state index in [4.69, 9.17) is 4.74 Å². The van der Waals surface area contributed by atoms with Crippen LogP contribution in [0, 0.1) is 0 Å². The van der Waals surface area contributed by atoms with Crippen molar-refractivity contribution >= 4 is 23.4 Å². The number of ether oxygens (including phenoxy) is 1. The molecular formula is C14H12O2S. The molecule has 0 aliphatic rings.